The molecule has 0 N–H and O–H groups in total. The van der Waals surface area contributed by atoms with Crippen LogP contribution in [-0.4, -0.2) is 53.9 Å². The minimum atomic E-state index is -3.77. The van der Waals surface area contributed by atoms with E-state index in [2.05, 4.69) is 10.1 Å². The smallest absolute Gasteiger partial charge is 0.270 e. The summed E-state index contributed by atoms with van der Waals surface area (Å²) in [5.41, 5.74) is 0.585. The monoisotopic (exact) mass is 380 g/mol. The Bertz CT molecular complexity index is 896. The van der Waals surface area contributed by atoms with Gasteiger partial charge in [-0.3, -0.25) is 15.0 Å². The molecule has 0 bridgehead atoms. The maximum Gasteiger partial charge on any atom is 0.270 e. The topological polar surface area (TPSA) is 110 Å². The van der Waals surface area contributed by atoms with Crippen LogP contribution in [0.1, 0.15) is 17.9 Å². The van der Waals surface area contributed by atoms with Crippen molar-refractivity contribution in [2.24, 2.45) is 0 Å². The predicted octanol–water partition coefficient (Wildman–Crippen LogP) is 1.79. The number of aryl methyl sites for hydroxylation is 1. The summed E-state index contributed by atoms with van der Waals surface area (Å²) < 4.78 is 32.1. The molecule has 1 aromatic heterocycles. The van der Waals surface area contributed by atoms with Crippen LogP contribution < -0.4 is 0 Å². The summed E-state index contributed by atoms with van der Waals surface area (Å²) in [4.78, 5) is 12.4. The van der Waals surface area contributed by atoms with E-state index in [-0.39, 0.29) is 10.6 Å². The van der Waals surface area contributed by atoms with Crippen molar-refractivity contribution in [2.45, 2.75) is 24.8 Å². The minimum Gasteiger partial charge on any atom is -0.361 e. The van der Waals surface area contributed by atoms with Gasteiger partial charge < -0.3 is 4.52 Å². The molecule has 0 atom stereocenters. The third kappa shape index (κ3) is 4.09. The molecule has 1 aliphatic heterocycles. The second-order valence-electron chi connectivity index (χ2n) is 6.22. The fourth-order valence-electron chi connectivity index (χ4n) is 2.97. The zero-order valence-corrected chi connectivity index (χ0v) is 15.2. The van der Waals surface area contributed by atoms with E-state index in [4.69, 9.17) is 4.52 Å². The molecule has 26 heavy (non-hydrogen) atoms. The number of non-ortho nitro benzene ring substituents is 1. The molecule has 1 aromatic carbocycles. The van der Waals surface area contributed by atoms with Gasteiger partial charge in [0, 0.05) is 44.4 Å². The fraction of sp³-hybridized carbons (Fsp3) is 0.438. The Kier molecular flexibility index (Phi) is 5.35. The number of hydrogen-bond donors (Lipinski definition) is 0. The van der Waals surface area contributed by atoms with Gasteiger partial charge in [0.05, 0.1) is 15.5 Å². The molecule has 0 radical (unpaired) electrons. The Morgan fingerprint density at radius 3 is 2.73 bits per heavy atom. The highest BCUT2D eigenvalue weighted by atomic mass is 32.2. The molecule has 0 spiro atoms. The van der Waals surface area contributed by atoms with Crippen molar-refractivity contribution in [3.8, 4) is 0 Å². The number of sulfonamides is 1. The quantitative estimate of drug-likeness (QED) is 0.574. The molecule has 2 heterocycles. The Morgan fingerprint density at radius 2 is 2.04 bits per heavy atom. The number of nitro groups is 1. The first-order chi connectivity index (χ1) is 12.4. The minimum absolute atomic E-state index is 0.0488. The van der Waals surface area contributed by atoms with Crippen molar-refractivity contribution in [2.75, 3.05) is 26.2 Å². The number of hydrogen-bond acceptors (Lipinski definition) is 7. The van der Waals surface area contributed by atoms with Crippen molar-refractivity contribution < 1.29 is 17.9 Å². The van der Waals surface area contributed by atoms with Gasteiger partial charge >= 0.3 is 0 Å². The average Bonchev–Trinajstić information content (AvgIpc) is 2.87. The van der Waals surface area contributed by atoms with Gasteiger partial charge in [-0.05, 0) is 26.0 Å². The van der Waals surface area contributed by atoms with Crippen LogP contribution in [0.5, 0.6) is 0 Å². The lowest BCUT2D eigenvalue weighted by atomic mass is 10.3. The van der Waals surface area contributed by atoms with Gasteiger partial charge in [-0.1, -0.05) is 11.2 Å². The molecule has 2 aromatic rings. The molecule has 9 nitrogen and oxygen atoms in total. The van der Waals surface area contributed by atoms with Gasteiger partial charge in [0.2, 0.25) is 10.0 Å². The van der Waals surface area contributed by atoms with Crippen LogP contribution >= 0.6 is 0 Å². The van der Waals surface area contributed by atoms with E-state index in [1.165, 1.54) is 22.5 Å². The van der Waals surface area contributed by atoms with Gasteiger partial charge in [-0.15, -0.1) is 0 Å². The highest BCUT2D eigenvalue weighted by Gasteiger charge is 2.28. The first-order valence-corrected chi connectivity index (χ1v) is 9.69. The lowest BCUT2D eigenvalue weighted by Crippen LogP contribution is -2.35. The first-order valence-electron chi connectivity index (χ1n) is 8.25. The van der Waals surface area contributed by atoms with Crippen molar-refractivity contribution in [1.82, 2.24) is 14.4 Å². The molecule has 0 amide bonds. The SMILES string of the molecule is Cc1cc(CN2CCCN(S(=O)(=O)c3cccc([N+](=O)[O-])c3)CC2)no1. The average molecular weight is 380 g/mol. The van der Waals surface area contributed by atoms with Crippen molar-refractivity contribution in [1.29, 1.82) is 0 Å². The molecule has 1 saturated heterocycles. The molecule has 0 aliphatic carbocycles. The van der Waals surface area contributed by atoms with Crippen molar-refractivity contribution in [3.63, 3.8) is 0 Å². The van der Waals surface area contributed by atoms with Crippen LogP contribution in [0, 0.1) is 17.0 Å². The van der Waals surface area contributed by atoms with Gasteiger partial charge in [0.25, 0.3) is 5.69 Å². The number of nitro benzene ring substituents is 1. The summed E-state index contributed by atoms with van der Waals surface area (Å²) in [6.07, 6.45) is 0.672. The molecular formula is C16H20N4O5S. The fourth-order valence-corrected chi connectivity index (χ4v) is 4.48. The van der Waals surface area contributed by atoms with Crippen LogP contribution in [-0.2, 0) is 16.6 Å². The first kappa shape index (κ1) is 18.5. The summed E-state index contributed by atoms with van der Waals surface area (Å²) in [5, 5.41) is 14.9. The maximum atomic E-state index is 12.8. The highest BCUT2D eigenvalue weighted by molar-refractivity contribution is 7.89. The highest BCUT2D eigenvalue weighted by Crippen LogP contribution is 2.22. The standard InChI is InChI=1S/C16H20N4O5S/c1-13-10-14(17-25-13)12-18-6-3-7-19(9-8-18)26(23,24)16-5-2-4-15(11-16)20(21)22/h2,4-5,10-11H,3,6-9,12H2,1H3. The lowest BCUT2D eigenvalue weighted by molar-refractivity contribution is -0.385. The van der Waals surface area contributed by atoms with Crippen LogP contribution in [0.15, 0.2) is 39.8 Å². The van der Waals surface area contributed by atoms with E-state index in [0.717, 1.165) is 24.1 Å². The van der Waals surface area contributed by atoms with E-state index in [1.54, 1.807) is 0 Å². The Balaban J connectivity index is 1.71. The van der Waals surface area contributed by atoms with E-state index >= 15 is 0 Å². The summed E-state index contributed by atoms with van der Waals surface area (Å²) in [5.74, 6) is 0.740. The van der Waals surface area contributed by atoms with E-state index in [0.29, 0.717) is 32.6 Å². The Labute approximate surface area is 151 Å². The van der Waals surface area contributed by atoms with Gasteiger partial charge in [-0.2, -0.15) is 4.31 Å². The molecule has 0 unspecified atom stereocenters. The Hall–Kier alpha value is -2.30. The van der Waals surface area contributed by atoms with Crippen LogP contribution in [0.25, 0.3) is 0 Å². The summed E-state index contributed by atoms with van der Waals surface area (Å²) in [6.45, 7) is 4.42. The summed E-state index contributed by atoms with van der Waals surface area (Å²) in [7, 11) is -3.77. The maximum absolute atomic E-state index is 12.8. The second kappa shape index (κ2) is 7.52. The second-order valence-corrected chi connectivity index (χ2v) is 8.16. The summed E-state index contributed by atoms with van der Waals surface area (Å²) in [6, 6.07) is 7.03. The molecule has 3 rings (SSSR count). The van der Waals surface area contributed by atoms with Crippen molar-refractivity contribution >= 4 is 15.7 Å². The number of benzene rings is 1. The molecule has 10 heteroatoms. The van der Waals surface area contributed by atoms with Gasteiger partial charge in [0.1, 0.15) is 5.76 Å². The molecule has 1 fully saturated rings. The van der Waals surface area contributed by atoms with Gasteiger partial charge in [0.15, 0.2) is 0 Å². The van der Waals surface area contributed by atoms with Gasteiger partial charge in [-0.25, -0.2) is 8.42 Å². The summed E-state index contributed by atoms with van der Waals surface area (Å²) >= 11 is 0. The normalized spacial score (nSPS) is 17.1. The zero-order valence-electron chi connectivity index (χ0n) is 14.4. The molecular weight excluding hydrogens is 360 g/mol. The third-order valence-electron chi connectivity index (χ3n) is 4.28. The zero-order chi connectivity index (χ0) is 18.7. The largest absolute Gasteiger partial charge is 0.361 e. The van der Waals surface area contributed by atoms with E-state index in [9.17, 15) is 18.5 Å². The molecule has 0 saturated carbocycles. The predicted molar refractivity (Wildman–Crippen MR) is 93.0 cm³/mol. The number of rotatable bonds is 5. The molecule has 140 valence electrons. The number of aromatic nitrogens is 1. The third-order valence-corrected chi connectivity index (χ3v) is 6.17. The van der Waals surface area contributed by atoms with Crippen molar-refractivity contribution in [3.05, 3.63) is 51.9 Å². The van der Waals surface area contributed by atoms with Crippen LogP contribution in [0.2, 0.25) is 0 Å². The number of nitrogens with zero attached hydrogens (tertiary/aromatic N) is 4. The van der Waals surface area contributed by atoms with Crippen LogP contribution in [0.4, 0.5) is 5.69 Å². The Morgan fingerprint density at radius 1 is 1.23 bits per heavy atom. The van der Waals surface area contributed by atoms with E-state index in [1.807, 2.05) is 13.0 Å². The van der Waals surface area contributed by atoms with E-state index < -0.39 is 14.9 Å². The van der Waals surface area contributed by atoms with Crippen LogP contribution in [0.3, 0.4) is 0 Å². The molecule has 1 aliphatic rings. The lowest BCUT2D eigenvalue weighted by Gasteiger charge is -2.21.